The lowest BCUT2D eigenvalue weighted by Crippen LogP contribution is -2.40. The van der Waals surface area contributed by atoms with Crippen LogP contribution in [0.25, 0.3) is 0 Å². The van der Waals surface area contributed by atoms with Gasteiger partial charge >= 0.3 is 0 Å². The number of aromatic amines is 1. The number of amides is 1. The lowest BCUT2D eigenvalue weighted by Gasteiger charge is -2.33. The summed E-state index contributed by atoms with van der Waals surface area (Å²) in [5.41, 5.74) is 3.45. The Kier molecular flexibility index (Phi) is 4.55. The fraction of sp³-hybridized carbons (Fsp3) is 0.500. The average Bonchev–Trinajstić information content (AvgIpc) is 2.86. The van der Waals surface area contributed by atoms with Crippen molar-refractivity contribution in [3.8, 4) is 0 Å². The first kappa shape index (κ1) is 16.5. The summed E-state index contributed by atoms with van der Waals surface area (Å²) in [6.45, 7) is 6.97. The van der Waals surface area contributed by atoms with Gasteiger partial charge in [0.2, 0.25) is 5.91 Å². The van der Waals surface area contributed by atoms with E-state index < -0.39 is 0 Å². The normalized spacial score (nSPS) is 18.0. The Labute approximate surface area is 140 Å². The van der Waals surface area contributed by atoms with Crippen LogP contribution in [0.2, 0.25) is 0 Å². The number of nitrogens with zero attached hydrogens (tertiary/aromatic N) is 2. The maximum absolute atomic E-state index is 12.7. The molecule has 6 heteroatoms. The predicted molar refractivity (Wildman–Crippen MR) is 90.0 cm³/mol. The summed E-state index contributed by atoms with van der Waals surface area (Å²) in [6, 6.07) is 3.24. The molecular weight excluding hydrogens is 306 g/mol. The third kappa shape index (κ3) is 3.42. The summed E-state index contributed by atoms with van der Waals surface area (Å²) < 4.78 is 5.14. The fourth-order valence-corrected chi connectivity index (χ4v) is 3.40. The Morgan fingerprint density at radius 1 is 1.38 bits per heavy atom. The van der Waals surface area contributed by atoms with Crippen molar-refractivity contribution in [2.75, 3.05) is 13.1 Å². The molecule has 0 radical (unpaired) electrons. The van der Waals surface area contributed by atoms with E-state index in [2.05, 4.69) is 10.1 Å². The number of pyridine rings is 1. The van der Waals surface area contributed by atoms with E-state index in [0.29, 0.717) is 18.7 Å². The summed E-state index contributed by atoms with van der Waals surface area (Å²) >= 11 is 0. The minimum Gasteiger partial charge on any atom is -0.362 e. The van der Waals surface area contributed by atoms with Crippen LogP contribution >= 0.6 is 0 Å². The molecule has 1 saturated heterocycles. The maximum Gasteiger partial charge on any atom is 0.227 e. The zero-order valence-electron chi connectivity index (χ0n) is 14.4. The number of carbonyl (C=O) groups is 1. The minimum absolute atomic E-state index is 0.0143. The molecule has 6 nitrogen and oxygen atoms in total. The van der Waals surface area contributed by atoms with Gasteiger partial charge < -0.3 is 14.4 Å². The number of aryl methyl sites for hydroxylation is 3. The fourth-order valence-electron chi connectivity index (χ4n) is 3.40. The first-order valence-corrected chi connectivity index (χ1v) is 8.34. The Balaban J connectivity index is 1.73. The number of nitrogens with one attached hydrogen (secondary N) is 1. The van der Waals surface area contributed by atoms with E-state index >= 15 is 0 Å². The van der Waals surface area contributed by atoms with E-state index in [-0.39, 0.29) is 17.3 Å². The standard InChI is InChI=1S/C18H23N3O3/c1-11-7-15(22)8-17(19-11)14-5-4-6-21(10-14)18(23)9-16-12(2)20-24-13(16)3/h7-8,14H,4-6,9-10H2,1-3H3,(H,19,22)/t14-/m1/s1. The molecule has 1 aliphatic heterocycles. The highest BCUT2D eigenvalue weighted by Gasteiger charge is 2.26. The van der Waals surface area contributed by atoms with Gasteiger partial charge in [-0.3, -0.25) is 9.59 Å². The largest absolute Gasteiger partial charge is 0.362 e. The summed E-state index contributed by atoms with van der Waals surface area (Å²) in [7, 11) is 0. The Morgan fingerprint density at radius 2 is 2.17 bits per heavy atom. The van der Waals surface area contributed by atoms with Crippen LogP contribution in [0.4, 0.5) is 0 Å². The molecule has 2 aromatic heterocycles. The number of carbonyl (C=O) groups excluding carboxylic acids is 1. The number of aromatic nitrogens is 2. The highest BCUT2D eigenvalue weighted by molar-refractivity contribution is 5.79. The SMILES string of the molecule is Cc1cc(=O)cc([C@@H]2CCCN(C(=O)Cc3c(C)noc3C)C2)[nH]1. The second kappa shape index (κ2) is 6.63. The molecule has 128 valence electrons. The highest BCUT2D eigenvalue weighted by Crippen LogP contribution is 2.26. The first-order valence-electron chi connectivity index (χ1n) is 8.34. The Bertz CT molecular complexity index is 787. The van der Waals surface area contributed by atoms with Crippen LogP contribution in [0.5, 0.6) is 0 Å². The monoisotopic (exact) mass is 329 g/mol. The quantitative estimate of drug-likeness (QED) is 0.936. The van der Waals surface area contributed by atoms with Crippen LogP contribution in [0.1, 0.15) is 47.2 Å². The molecule has 0 bridgehead atoms. The molecule has 0 aliphatic carbocycles. The van der Waals surface area contributed by atoms with E-state index in [1.165, 1.54) is 0 Å². The van der Waals surface area contributed by atoms with E-state index in [0.717, 1.165) is 42.0 Å². The van der Waals surface area contributed by atoms with Gasteiger partial charge in [0.1, 0.15) is 5.76 Å². The molecule has 0 aromatic carbocycles. The van der Waals surface area contributed by atoms with Gasteiger partial charge in [0.15, 0.2) is 5.43 Å². The van der Waals surface area contributed by atoms with E-state index in [9.17, 15) is 9.59 Å². The van der Waals surface area contributed by atoms with Crippen LogP contribution in [-0.4, -0.2) is 34.0 Å². The van der Waals surface area contributed by atoms with Crippen LogP contribution in [0, 0.1) is 20.8 Å². The zero-order valence-corrected chi connectivity index (χ0v) is 14.4. The van der Waals surface area contributed by atoms with Crippen molar-refractivity contribution in [1.29, 1.82) is 0 Å². The highest BCUT2D eigenvalue weighted by atomic mass is 16.5. The number of piperidine rings is 1. The van der Waals surface area contributed by atoms with Crippen molar-refractivity contribution < 1.29 is 9.32 Å². The lowest BCUT2D eigenvalue weighted by atomic mass is 9.93. The molecule has 0 unspecified atom stereocenters. The molecule has 0 spiro atoms. The molecular formula is C18H23N3O3. The van der Waals surface area contributed by atoms with Gasteiger partial charge in [-0.05, 0) is 33.6 Å². The molecule has 2 aromatic rings. The summed E-state index contributed by atoms with van der Waals surface area (Å²) in [4.78, 5) is 29.6. The van der Waals surface area contributed by atoms with E-state index in [1.807, 2.05) is 25.7 Å². The summed E-state index contributed by atoms with van der Waals surface area (Å²) in [5.74, 6) is 0.974. The van der Waals surface area contributed by atoms with Crippen molar-refractivity contribution in [3.63, 3.8) is 0 Å². The van der Waals surface area contributed by atoms with Gasteiger partial charge in [-0.1, -0.05) is 5.16 Å². The molecule has 24 heavy (non-hydrogen) atoms. The van der Waals surface area contributed by atoms with Gasteiger partial charge in [0.05, 0.1) is 12.1 Å². The van der Waals surface area contributed by atoms with E-state index in [4.69, 9.17) is 4.52 Å². The van der Waals surface area contributed by atoms with Gasteiger partial charge in [0, 0.05) is 48.1 Å². The van der Waals surface area contributed by atoms with Crippen molar-refractivity contribution in [1.82, 2.24) is 15.0 Å². The number of rotatable bonds is 3. The number of likely N-dealkylation sites (tertiary alicyclic amines) is 1. The van der Waals surface area contributed by atoms with Crippen LogP contribution in [0.15, 0.2) is 21.5 Å². The Morgan fingerprint density at radius 3 is 2.83 bits per heavy atom. The van der Waals surface area contributed by atoms with Crippen LogP contribution in [-0.2, 0) is 11.2 Å². The molecule has 3 heterocycles. The van der Waals surface area contributed by atoms with Crippen molar-refractivity contribution in [3.05, 3.63) is 50.8 Å². The predicted octanol–water partition coefficient (Wildman–Crippen LogP) is 2.24. The number of hydrogen-bond acceptors (Lipinski definition) is 4. The van der Waals surface area contributed by atoms with Gasteiger partial charge in [-0.2, -0.15) is 0 Å². The molecule has 1 amide bonds. The smallest absolute Gasteiger partial charge is 0.227 e. The second-order valence-corrected chi connectivity index (χ2v) is 6.61. The van der Waals surface area contributed by atoms with Crippen LogP contribution < -0.4 is 5.43 Å². The van der Waals surface area contributed by atoms with Gasteiger partial charge in [0.25, 0.3) is 0 Å². The van der Waals surface area contributed by atoms with Gasteiger partial charge in [-0.25, -0.2) is 0 Å². The summed E-state index contributed by atoms with van der Waals surface area (Å²) in [5, 5.41) is 3.91. The maximum atomic E-state index is 12.7. The third-order valence-corrected chi connectivity index (χ3v) is 4.72. The average molecular weight is 329 g/mol. The summed E-state index contributed by atoms with van der Waals surface area (Å²) in [6.07, 6.45) is 2.24. The molecule has 0 saturated carbocycles. The zero-order chi connectivity index (χ0) is 17.3. The number of H-pyrrole nitrogens is 1. The van der Waals surface area contributed by atoms with Crippen LogP contribution in [0.3, 0.4) is 0 Å². The number of hydrogen-bond donors (Lipinski definition) is 1. The molecule has 1 N–H and O–H groups in total. The molecule has 1 fully saturated rings. The second-order valence-electron chi connectivity index (χ2n) is 6.61. The molecule has 3 rings (SSSR count). The topological polar surface area (TPSA) is 79.2 Å². The minimum atomic E-state index is 0.0143. The Hall–Kier alpha value is -2.37. The van der Waals surface area contributed by atoms with Crippen molar-refractivity contribution in [2.24, 2.45) is 0 Å². The van der Waals surface area contributed by atoms with E-state index in [1.54, 1.807) is 12.1 Å². The van der Waals surface area contributed by atoms with Gasteiger partial charge in [-0.15, -0.1) is 0 Å². The lowest BCUT2D eigenvalue weighted by molar-refractivity contribution is -0.131. The third-order valence-electron chi connectivity index (χ3n) is 4.72. The molecule has 1 atom stereocenters. The first-order chi connectivity index (χ1) is 11.4. The van der Waals surface area contributed by atoms with Crippen molar-refractivity contribution in [2.45, 2.75) is 46.0 Å². The molecule has 1 aliphatic rings. The van der Waals surface area contributed by atoms with Crippen molar-refractivity contribution >= 4 is 5.91 Å².